The molecule has 0 fully saturated rings. The molecule has 1 atom stereocenters. The van der Waals surface area contributed by atoms with Crippen LogP contribution in [0.15, 0.2) is 22.1 Å². The van der Waals surface area contributed by atoms with E-state index in [1.807, 2.05) is 0 Å². The van der Waals surface area contributed by atoms with Gasteiger partial charge in [0.2, 0.25) is 0 Å². The largest absolute Gasteiger partial charge is 0.409 e. The third-order valence-electron chi connectivity index (χ3n) is 2.89. The van der Waals surface area contributed by atoms with Gasteiger partial charge in [0, 0.05) is 20.3 Å². The molecule has 0 aliphatic heterocycles. The van der Waals surface area contributed by atoms with Gasteiger partial charge in [-0.2, -0.15) is 13.2 Å². The predicted octanol–water partition coefficient (Wildman–Crippen LogP) is 2.07. The number of fused-ring (bicyclic) bond motifs is 1. The molecule has 0 aliphatic carbocycles. The number of aromatic nitrogens is 3. The second-order valence-corrected chi connectivity index (χ2v) is 4.75. The molecule has 2 heterocycles. The van der Waals surface area contributed by atoms with Gasteiger partial charge in [-0.1, -0.05) is 0 Å². The maximum Gasteiger partial charge on any atom is 0.409 e. The fourth-order valence-corrected chi connectivity index (χ4v) is 1.84. The second-order valence-electron chi connectivity index (χ2n) is 4.75. The quantitative estimate of drug-likeness (QED) is 0.697. The van der Waals surface area contributed by atoms with Gasteiger partial charge in [-0.05, 0) is 13.0 Å². The average Bonchev–Trinajstić information content (AvgIpc) is 2.70. The van der Waals surface area contributed by atoms with Gasteiger partial charge < -0.3 is 9.88 Å². The van der Waals surface area contributed by atoms with E-state index in [9.17, 15) is 18.0 Å². The van der Waals surface area contributed by atoms with Gasteiger partial charge in [0.15, 0.2) is 5.82 Å². The molecule has 2 rings (SSSR count). The number of nitrogens with one attached hydrogen (secondary N) is 1. The first-order valence-corrected chi connectivity index (χ1v) is 6.08. The second kappa shape index (κ2) is 5.23. The number of nitrogens with zero attached hydrogens (tertiary/aromatic N) is 4. The number of aromatic amines is 1. The highest BCUT2D eigenvalue weighted by Gasteiger charge is 2.39. The molecule has 21 heavy (non-hydrogen) atoms. The summed E-state index contributed by atoms with van der Waals surface area (Å²) in [6.07, 6.45) is -1.75. The fourth-order valence-electron chi connectivity index (χ4n) is 1.84. The first-order valence-electron chi connectivity index (χ1n) is 6.08. The lowest BCUT2D eigenvalue weighted by molar-refractivity contribution is -0.162. The number of alkyl halides is 3. The zero-order valence-corrected chi connectivity index (χ0v) is 11.6. The summed E-state index contributed by atoms with van der Waals surface area (Å²) >= 11 is 0. The molecule has 0 bridgehead atoms. The van der Waals surface area contributed by atoms with Crippen LogP contribution in [0.25, 0.3) is 11.0 Å². The molecule has 0 radical (unpaired) electrons. The van der Waals surface area contributed by atoms with Crippen molar-refractivity contribution in [1.82, 2.24) is 19.4 Å². The molecule has 2 aromatic heterocycles. The molecule has 9 heteroatoms. The van der Waals surface area contributed by atoms with Gasteiger partial charge in [-0.15, -0.1) is 0 Å². The Kier molecular flexibility index (Phi) is 3.75. The van der Waals surface area contributed by atoms with E-state index in [2.05, 4.69) is 15.0 Å². The monoisotopic (exact) mass is 301 g/mol. The van der Waals surface area contributed by atoms with E-state index in [4.69, 9.17) is 0 Å². The smallest absolute Gasteiger partial charge is 0.369 e. The molecule has 1 N–H and O–H groups in total. The van der Waals surface area contributed by atoms with Crippen molar-refractivity contribution in [1.29, 1.82) is 0 Å². The SMILES string of the molecule is CC(n1c(=O)[nH]c2c(/N=C\N(C)C)nccc21)C(F)(F)F. The van der Waals surface area contributed by atoms with E-state index in [0.717, 1.165) is 6.92 Å². The summed E-state index contributed by atoms with van der Waals surface area (Å²) in [5.74, 6) is 0.159. The van der Waals surface area contributed by atoms with Crippen LogP contribution in [0.1, 0.15) is 13.0 Å². The summed E-state index contributed by atoms with van der Waals surface area (Å²) in [5.41, 5.74) is -0.549. The fraction of sp³-hybridized carbons (Fsp3) is 0.417. The van der Waals surface area contributed by atoms with Crippen LogP contribution < -0.4 is 5.69 Å². The number of H-pyrrole nitrogens is 1. The first kappa shape index (κ1) is 15.1. The summed E-state index contributed by atoms with van der Waals surface area (Å²) in [5, 5.41) is 0. The maximum absolute atomic E-state index is 12.8. The van der Waals surface area contributed by atoms with E-state index in [-0.39, 0.29) is 16.9 Å². The number of imidazole rings is 1. The van der Waals surface area contributed by atoms with Crippen molar-refractivity contribution in [3.05, 3.63) is 22.7 Å². The van der Waals surface area contributed by atoms with Crippen LogP contribution in [0.2, 0.25) is 0 Å². The topological polar surface area (TPSA) is 66.3 Å². The lowest BCUT2D eigenvalue weighted by atomic mass is 10.3. The summed E-state index contributed by atoms with van der Waals surface area (Å²) in [7, 11) is 3.48. The summed E-state index contributed by atoms with van der Waals surface area (Å²) in [4.78, 5) is 23.9. The molecule has 6 nitrogen and oxygen atoms in total. The molecule has 1 unspecified atom stereocenters. The summed E-state index contributed by atoms with van der Waals surface area (Å²) in [6.45, 7) is 0.928. The Morgan fingerprint density at radius 3 is 2.71 bits per heavy atom. The van der Waals surface area contributed by atoms with Crippen molar-refractivity contribution in [2.45, 2.75) is 19.1 Å². The first-order chi connectivity index (χ1) is 9.71. The minimum atomic E-state index is -4.52. The number of halogens is 3. The molecule has 2 aromatic rings. The maximum atomic E-state index is 12.8. The molecular formula is C12H14F3N5O. The Labute approximate surface area is 117 Å². The molecule has 0 amide bonds. The van der Waals surface area contributed by atoms with Crippen LogP contribution >= 0.6 is 0 Å². The van der Waals surface area contributed by atoms with E-state index >= 15 is 0 Å². The van der Waals surface area contributed by atoms with Gasteiger partial charge >= 0.3 is 11.9 Å². The van der Waals surface area contributed by atoms with Gasteiger partial charge in [0.25, 0.3) is 0 Å². The van der Waals surface area contributed by atoms with Crippen LogP contribution in [0.5, 0.6) is 0 Å². The van der Waals surface area contributed by atoms with Crippen molar-refractivity contribution in [2.75, 3.05) is 14.1 Å². The Balaban J connectivity index is 2.64. The number of aliphatic imine (C=N–C) groups is 1. The zero-order valence-electron chi connectivity index (χ0n) is 11.6. The number of hydrogen-bond acceptors (Lipinski definition) is 3. The summed E-state index contributed by atoms with van der Waals surface area (Å²) in [6, 6.07) is -0.587. The van der Waals surface area contributed by atoms with Crippen molar-refractivity contribution in [3.63, 3.8) is 0 Å². The molecule has 114 valence electrons. The van der Waals surface area contributed by atoms with Crippen molar-refractivity contribution >= 4 is 23.2 Å². The summed E-state index contributed by atoms with van der Waals surface area (Å²) < 4.78 is 39.2. The van der Waals surface area contributed by atoms with Crippen molar-refractivity contribution in [2.24, 2.45) is 4.99 Å². The Bertz CT molecular complexity index is 729. The van der Waals surface area contributed by atoms with Gasteiger partial charge in [-0.3, -0.25) is 4.57 Å². The number of rotatable bonds is 3. The highest BCUT2D eigenvalue weighted by atomic mass is 19.4. The Hall–Kier alpha value is -2.32. The predicted molar refractivity (Wildman–Crippen MR) is 73.0 cm³/mol. The zero-order chi connectivity index (χ0) is 15.8. The van der Waals surface area contributed by atoms with E-state index < -0.39 is 17.9 Å². The van der Waals surface area contributed by atoms with Crippen molar-refractivity contribution < 1.29 is 13.2 Å². The van der Waals surface area contributed by atoms with Gasteiger partial charge in [0.1, 0.15) is 11.6 Å². The van der Waals surface area contributed by atoms with Crippen LogP contribution in [-0.4, -0.2) is 46.0 Å². The lowest BCUT2D eigenvalue weighted by Crippen LogP contribution is -2.30. The highest BCUT2D eigenvalue weighted by molar-refractivity contribution is 5.85. The van der Waals surface area contributed by atoms with E-state index in [1.165, 1.54) is 18.6 Å². The normalized spacial score (nSPS) is 14.0. The average molecular weight is 301 g/mol. The highest BCUT2D eigenvalue weighted by Crippen LogP contribution is 2.32. The van der Waals surface area contributed by atoms with Crippen LogP contribution in [0, 0.1) is 0 Å². The van der Waals surface area contributed by atoms with Crippen LogP contribution in [-0.2, 0) is 0 Å². The Morgan fingerprint density at radius 1 is 1.48 bits per heavy atom. The van der Waals surface area contributed by atoms with Crippen LogP contribution in [0.3, 0.4) is 0 Å². The third kappa shape index (κ3) is 2.91. The molecule has 0 saturated carbocycles. The van der Waals surface area contributed by atoms with Crippen molar-refractivity contribution in [3.8, 4) is 0 Å². The molecule has 0 aliphatic rings. The number of hydrogen-bond donors (Lipinski definition) is 1. The minimum absolute atomic E-state index is 0.116. The van der Waals surface area contributed by atoms with Gasteiger partial charge in [0.05, 0.1) is 11.9 Å². The number of pyridine rings is 1. The van der Waals surface area contributed by atoms with Gasteiger partial charge in [-0.25, -0.2) is 14.8 Å². The third-order valence-corrected chi connectivity index (χ3v) is 2.89. The molecule has 0 spiro atoms. The minimum Gasteiger partial charge on any atom is -0.369 e. The van der Waals surface area contributed by atoms with Crippen LogP contribution in [0.4, 0.5) is 19.0 Å². The standard InChI is InChI=1S/C12H14F3N5O/c1-7(12(13,14)15)20-8-4-5-16-10(17-6-19(2)3)9(8)18-11(20)21/h4-7H,1-3H3,(H,18,21)/b17-6-. The van der Waals surface area contributed by atoms with E-state index in [0.29, 0.717) is 4.57 Å². The molecular weight excluding hydrogens is 287 g/mol. The Morgan fingerprint density at radius 2 is 2.14 bits per heavy atom. The van der Waals surface area contributed by atoms with E-state index in [1.54, 1.807) is 19.0 Å². The molecule has 0 saturated heterocycles. The molecule has 0 aromatic carbocycles. The lowest BCUT2D eigenvalue weighted by Gasteiger charge is -2.16.